The average Bonchev–Trinajstić information content (AvgIpc) is 2.77. The second kappa shape index (κ2) is 4.94. The van der Waals surface area contributed by atoms with Crippen molar-refractivity contribution in [3.8, 4) is 0 Å². The number of fused-ring (bicyclic) bond motifs is 1. The van der Waals surface area contributed by atoms with E-state index in [1.54, 1.807) is 0 Å². The van der Waals surface area contributed by atoms with Crippen LogP contribution in [0.1, 0.15) is 25.5 Å². The molecule has 3 rings (SSSR count). The molecule has 1 aliphatic rings. The van der Waals surface area contributed by atoms with Crippen molar-refractivity contribution in [2.24, 2.45) is 5.73 Å². The van der Waals surface area contributed by atoms with Gasteiger partial charge in [0.25, 0.3) is 0 Å². The van der Waals surface area contributed by atoms with E-state index < -0.39 is 0 Å². The number of hydrogen-bond donors (Lipinski definition) is 1. The van der Waals surface area contributed by atoms with E-state index in [1.165, 1.54) is 10.9 Å². The first-order valence-electron chi connectivity index (χ1n) is 7.03. The number of nitrogens with two attached hydrogens (primary N) is 1. The first-order chi connectivity index (χ1) is 9.22. The summed E-state index contributed by atoms with van der Waals surface area (Å²) in [5, 5.41) is 5.98. The van der Waals surface area contributed by atoms with Crippen molar-refractivity contribution in [3.05, 3.63) is 30.0 Å². The third kappa shape index (κ3) is 2.38. The van der Waals surface area contributed by atoms with Gasteiger partial charge in [-0.3, -0.25) is 4.68 Å². The molecule has 1 fully saturated rings. The van der Waals surface area contributed by atoms with E-state index in [4.69, 9.17) is 15.6 Å². The number of aryl methyl sites for hydroxylation is 1. The Labute approximate surface area is 113 Å². The third-order valence-corrected chi connectivity index (χ3v) is 4.04. The zero-order valence-corrected chi connectivity index (χ0v) is 11.4. The average molecular weight is 259 g/mol. The zero-order valence-electron chi connectivity index (χ0n) is 11.4. The van der Waals surface area contributed by atoms with Crippen LogP contribution in [0.15, 0.2) is 24.3 Å². The van der Waals surface area contributed by atoms with E-state index in [0.717, 1.165) is 44.7 Å². The normalized spacial score (nSPS) is 18.8. The van der Waals surface area contributed by atoms with Crippen LogP contribution in [-0.4, -0.2) is 28.5 Å². The summed E-state index contributed by atoms with van der Waals surface area (Å²) in [6, 6.07) is 8.41. The highest BCUT2D eigenvalue weighted by Crippen LogP contribution is 2.26. The Balaban J connectivity index is 1.96. The molecule has 1 aromatic carbocycles. The Kier molecular flexibility index (Phi) is 3.29. The van der Waals surface area contributed by atoms with Crippen molar-refractivity contribution in [2.75, 3.05) is 13.2 Å². The quantitative estimate of drug-likeness (QED) is 0.918. The van der Waals surface area contributed by atoms with Crippen molar-refractivity contribution < 1.29 is 4.74 Å². The van der Waals surface area contributed by atoms with E-state index >= 15 is 0 Å². The monoisotopic (exact) mass is 259 g/mol. The van der Waals surface area contributed by atoms with Crippen molar-refractivity contribution in [1.82, 2.24) is 9.78 Å². The summed E-state index contributed by atoms with van der Waals surface area (Å²) in [5.74, 6) is 0. The first-order valence-corrected chi connectivity index (χ1v) is 7.03. The van der Waals surface area contributed by atoms with Gasteiger partial charge in [0, 0.05) is 37.1 Å². The van der Waals surface area contributed by atoms with Gasteiger partial charge >= 0.3 is 0 Å². The molecule has 4 nitrogen and oxygen atoms in total. The molecular weight excluding hydrogens is 238 g/mol. The molecule has 0 radical (unpaired) electrons. The second-order valence-electron chi connectivity index (χ2n) is 5.43. The zero-order chi connectivity index (χ0) is 13.3. The second-order valence-corrected chi connectivity index (χ2v) is 5.43. The minimum atomic E-state index is -0.159. The molecule has 2 N–H and O–H groups in total. The van der Waals surface area contributed by atoms with Crippen LogP contribution in [0.5, 0.6) is 0 Å². The van der Waals surface area contributed by atoms with Gasteiger partial charge in [-0.2, -0.15) is 5.10 Å². The summed E-state index contributed by atoms with van der Waals surface area (Å²) >= 11 is 0. The fourth-order valence-corrected chi connectivity index (χ4v) is 2.86. The molecule has 2 aromatic rings. The van der Waals surface area contributed by atoms with Crippen molar-refractivity contribution in [1.29, 1.82) is 0 Å². The first kappa shape index (κ1) is 12.6. The Morgan fingerprint density at radius 1 is 1.32 bits per heavy atom. The Bertz CT molecular complexity index is 570. The van der Waals surface area contributed by atoms with Gasteiger partial charge in [-0.25, -0.2) is 0 Å². The molecule has 0 bridgehead atoms. The Hall–Kier alpha value is -1.39. The fraction of sp³-hybridized carbons (Fsp3) is 0.533. The van der Waals surface area contributed by atoms with Gasteiger partial charge in [-0.15, -0.1) is 0 Å². The highest BCUT2D eigenvalue weighted by atomic mass is 16.5. The number of aromatic nitrogens is 2. The SMILES string of the molecule is CCn1nc(CC2(N)CCOCC2)c2ccccc21. The van der Waals surface area contributed by atoms with Gasteiger partial charge < -0.3 is 10.5 Å². The standard InChI is InChI=1S/C15H21N3O/c1-2-18-14-6-4-3-5-12(14)13(17-18)11-15(16)7-9-19-10-8-15/h3-6H,2,7-11,16H2,1H3. The molecule has 1 aliphatic heterocycles. The predicted molar refractivity (Wildman–Crippen MR) is 76.1 cm³/mol. The highest BCUT2D eigenvalue weighted by Gasteiger charge is 2.30. The van der Waals surface area contributed by atoms with Crippen LogP contribution in [0.2, 0.25) is 0 Å². The summed E-state index contributed by atoms with van der Waals surface area (Å²) < 4.78 is 7.47. The highest BCUT2D eigenvalue weighted by molar-refractivity contribution is 5.82. The van der Waals surface area contributed by atoms with Crippen LogP contribution in [0.4, 0.5) is 0 Å². The number of para-hydroxylation sites is 1. The van der Waals surface area contributed by atoms with E-state index in [-0.39, 0.29) is 5.54 Å². The largest absolute Gasteiger partial charge is 0.381 e. The van der Waals surface area contributed by atoms with Gasteiger partial charge in [0.05, 0.1) is 11.2 Å². The maximum absolute atomic E-state index is 6.50. The maximum atomic E-state index is 6.50. The minimum absolute atomic E-state index is 0.159. The molecule has 0 atom stereocenters. The van der Waals surface area contributed by atoms with Crippen LogP contribution < -0.4 is 5.73 Å². The van der Waals surface area contributed by atoms with E-state index in [1.807, 2.05) is 0 Å². The number of benzene rings is 1. The molecule has 19 heavy (non-hydrogen) atoms. The topological polar surface area (TPSA) is 53.1 Å². The fourth-order valence-electron chi connectivity index (χ4n) is 2.86. The van der Waals surface area contributed by atoms with Crippen molar-refractivity contribution in [3.63, 3.8) is 0 Å². The lowest BCUT2D eigenvalue weighted by molar-refractivity contribution is 0.0531. The molecule has 1 saturated heterocycles. The number of hydrogen-bond acceptors (Lipinski definition) is 3. The Morgan fingerprint density at radius 3 is 2.79 bits per heavy atom. The van der Waals surface area contributed by atoms with Gasteiger partial charge in [0.15, 0.2) is 0 Å². The van der Waals surface area contributed by atoms with Crippen LogP contribution in [0.25, 0.3) is 10.9 Å². The lowest BCUT2D eigenvalue weighted by Gasteiger charge is -2.32. The van der Waals surface area contributed by atoms with E-state index in [2.05, 4.69) is 35.9 Å². The van der Waals surface area contributed by atoms with Gasteiger partial charge in [-0.1, -0.05) is 18.2 Å². The molecule has 0 saturated carbocycles. The van der Waals surface area contributed by atoms with Crippen molar-refractivity contribution in [2.45, 2.75) is 38.3 Å². The van der Waals surface area contributed by atoms with Crippen LogP contribution in [0.3, 0.4) is 0 Å². The summed E-state index contributed by atoms with van der Waals surface area (Å²) in [6.45, 7) is 4.54. The molecule has 0 spiro atoms. The molecule has 102 valence electrons. The lowest BCUT2D eigenvalue weighted by atomic mass is 9.86. The summed E-state index contributed by atoms with van der Waals surface area (Å²) in [7, 11) is 0. The number of nitrogens with zero attached hydrogens (tertiary/aromatic N) is 2. The van der Waals surface area contributed by atoms with Gasteiger partial charge in [0.1, 0.15) is 0 Å². The summed E-state index contributed by atoms with van der Waals surface area (Å²) in [5.41, 5.74) is 8.68. The molecule has 0 amide bonds. The maximum Gasteiger partial charge on any atom is 0.0721 e. The molecule has 0 aliphatic carbocycles. The summed E-state index contributed by atoms with van der Waals surface area (Å²) in [4.78, 5) is 0. The molecular formula is C15H21N3O. The lowest BCUT2D eigenvalue weighted by Crippen LogP contribution is -2.47. The smallest absolute Gasteiger partial charge is 0.0721 e. The van der Waals surface area contributed by atoms with Gasteiger partial charge in [-0.05, 0) is 25.8 Å². The van der Waals surface area contributed by atoms with Crippen LogP contribution in [-0.2, 0) is 17.7 Å². The van der Waals surface area contributed by atoms with Gasteiger partial charge in [0.2, 0.25) is 0 Å². The molecule has 2 heterocycles. The third-order valence-electron chi connectivity index (χ3n) is 4.04. The minimum Gasteiger partial charge on any atom is -0.381 e. The number of ether oxygens (including phenoxy) is 1. The molecule has 1 aromatic heterocycles. The van der Waals surface area contributed by atoms with Crippen LogP contribution in [0, 0.1) is 0 Å². The predicted octanol–water partition coefficient (Wildman–Crippen LogP) is 2.11. The van der Waals surface area contributed by atoms with E-state index in [9.17, 15) is 0 Å². The number of rotatable bonds is 3. The molecule has 4 heteroatoms. The summed E-state index contributed by atoms with van der Waals surface area (Å²) in [6.07, 6.45) is 2.67. The van der Waals surface area contributed by atoms with Crippen LogP contribution >= 0.6 is 0 Å². The molecule has 0 unspecified atom stereocenters. The van der Waals surface area contributed by atoms with E-state index in [0.29, 0.717) is 0 Å². The Morgan fingerprint density at radius 2 is 2.05 bits per heavy atom. The van der Waals surface area contributed by atoms with Crippen molar-refractivity contribution >= 4 is 10.9 Å².